The standard InChI is InChI=1S/C12H16ClN3O/c13-9-2-1-3-11(8-9)16-12(17)15-10-4-6-14-7-5-10/h1-3,8,10,14H,4-7H2,(H2,15,16,17). The van der Waals surface area contributed by atoms with Crippen LogP contribution < -0.4 is 16.0 Å². The summed E-state index contributed by atoms with van der Waals surface area (Å²) in [5.41, 5.74) is 0.712. The number of carbonyl (C=O) groups excluding carboxylic acids is 1. The van der Waals surface area contributed by atoms with E-state index in [1.807, 2.05) is 12.1 Å². The topological polar surface area (TPSA) is 53.2 Å². The zero-order valence-corrected chi connectivity index (χ0v) is 10.3. The van der Waals surface area contributed by atoms with Crippen molar-refractivity contribution in [3.8, 4) is 0 Å². The molecule has 92 valence electrons. The minimum atomic E-state index is -0.167. The molecular weight excluding hydrogens is 238 g/mol. The molecule has 4 nitrogen and oxygen atoms in total. The lowest BCUT2D eigenvalue weighted by Crippen LogP contribution is -2.44. The monoisotopic (exact) mass is 253 g/mol. The maximum Gasteiger partial charge on any atom is 0.319 e. The van der Waals surface area contributed by atoms with E-state index >= 15 is 0 Å². The summed E-state index contributed by atoms with van der Waals surface area (Å²) >= 11 is 5.84. The van der Waals surface area contributed by atoms with Crippen LogP contribution in [0.2, 0.25) is 5.02 Å². The maximum atomic E-state index is 11.7. The van der Waals surface area contributed by atoms with Gasteiger partial charge in [-0.25, -0.2) is 4.79 Å². The minimum absolute atomic E-state index is 0.167. The van der Waals surface area contributed by atoms with Crippen molar-refractivity contribution in [1.82, 2.24) is 10.6 Å². The van der Waals surface area contributed by atoms with E-state index in [1.54, 1.807) is 12.1 Å². The Hall–Kier alpha value is -1.26. The molecule has 1 aliphatic heterocycles. The van der Waals surface area contributed by atoms with Crippen LogP contribution in [-0.2, 0) is 0 Å². The van der Waals surface area contributed by atoms with E-state index in [0.717, 1.165) is 25.9 Å². The fourth-order valence-corrected chi connectivity index (χ4v) is 2.08. The predicted octanol–water partition coefficient (Wildman–Crippen LogP) is 2.21. The van der Waals surface area contributed by atoms with Crippen LogP contribution in [0, 0.1) is 0 Å². The van der Waals surface area contributed by atoms with E-state index < -0.39 is 0 Å². The number of urea groups is 1. The van der Waals surface area contributed by atoms with Crippen molar-refractivity contribution in [1.29, 1.82) is 0 Å². The fourth-order valence-electron chi connectivity index (χ4n) is 1.89. The molecule has 0 atom stereocenters. The van der Waals surface area contributed by atoms with Gasteiger partial charge in [0.05, 0.1) is 0 Å². The zero-order chi connectivity index (χ0) is 12.1. The van der Waals surface area contributed by atoms with Crippen LogP contribution in [0.4, 0.5) is 10.5 Å². The highest BCUT2D eigenvalue weighted by Crippen LogP contribution is 2.14. The quantitative estimate of drug-likeness (QED) is 0.757. The molecule has 1 aromatic carbocycles. The highest BCUT2D eigenvalue weighted by atomic mass is 35.5. The summed E-state index contributed by atoms with van der Waals surface area (Å²) in [5, 5.41) is 9.60. The molecule has 0 spiro atoms. The lowest BCUT2D eigenvalue weighted by molar-refractivity contribution is 0.245. The van der Waals surface area contributed by atoms with Crippen LogP contribution in [0.1, 0.15) is 12.8 Å². The Balaban J connectivity index is 1.84. The number of amides is 2. The molecule has 5 heteroatoms. The lowest BCUT2D eigenvalue weighted by Gasteiger charge is -2.23. The summed E-state index contributed by atoms with van der Waals surface area (Å²) in [6, 6.07) is 7.21. The third-order valence-corrected chi connectivity index (χ3v) is 2.99. The van der Waals surface area contributed by atoms with Gasteiger partial charge in [-0.15, -0.1) is 0 Å². The van der Waals surface area contributed by atoms with Crippen LogP contribution in [-0.4, -0.2) is 25.2 Å². The van der Waals surface area contributed by atoms with Crippen LogP contribution in [0.5, 0.6) is 0 Å². The Kier molecular flexibility index (Phi) is 4.23. The van der Waals surface area contributed by atoms with Crippen molar-refractivity contribution in [2.75, 3.05) is 18.4 Å². The van der Waals surface area contributed by atoms with Crippen molar-refractivity contribution in [2.24, 2.45) is 0 Å². The van der Waals surface area contributed by atoms with E-state index in [-0.39, 0.29) is 12.1 Å². The second kappa shape index (κ2) is 5.89. The summed E-state index contributed by atoms with van der Waals surface area (Å²) in [7, 11) is 0. The van der Waals surface area contributed by atoms with Gasteiger partial charge in [-0.1, -0.05) is 17.7 Å². The van der Waals surface area contributed by atoms with E-state index in [2.05, 4.69) is 16.0 Å². The number of benzene rings is 1. The van der Waals surface area contributed by atoms with Gasteiger partial charge in [-0.2, -0.15) is 0 Å². The van der Waals surface area contributed by atoms with E-state index in [4.69, 9.17) is 11.6 Å². The first-order chi connectivity index (χ1) is 8.24. The van der Waals surface area contributed by atoms with Gasteiger partial charge in [0.2, 0.25) is 0 Å². The number of halogens is 1. The molecule has 0 unspecified atom stereocenters. The molecule has 1 aliphatic rings. The van der Waals surface area contributed by atoms with Gasteiger partial charge in [-0.05, 0) is 44.1 Å². The number of hydrogen-bond donors (Lipinski definition) is 3. The van der Waals surface area contributed by atoms with Crippen LogP contribution in [0.25, 0.3) is 0 Å². The molecule has 0 bridgehead atoms. The summed E-state index contributed by atoms with van der Waals surface area (Å²) in [6.45, 7) is 1.92. The molecule has 2 rings (SSSR count). The molecule has 0 radical (unpaired) electrons. The van der Waals surface area contributed by atoms with E-state index in [9.17, 15) is 4.79 Å². The van der Waals surface area contributed by atoms with Gasteiger partial charge in [-0.3, -0.25) is 0 Å². The second-order valence-corrected chi connectivity index (χ2v) is 4.57. The number of carbonyl (C=O) groups is 1. The Morgan fingerprint density at radius 3 is 2.82 bits per heavy atom. The first kappa shape index (κ1) is 12.2. The van der Waals surface area contributed by atoms with Gasteiger partial charge in [0.1, 0.15) is 0 Å². The average Bonchev–Trinajstić information content (AvgIpc) is 2.30. The smallest absolute Gasteiger partial charge is 0.319 e. The Bertz CT molecular complexity index is 391. The number of nitrogens with one attached hydrogen (secondary N) is 3. The predicted molar refractivity (Wildman–Crippen MR) is 69.5 cm³/mol. The Morgan fingerprint density at radius 2 is 2.12 bits per heavy atom. The van der Waals surface area contributed by atoms with Crippen molar-refractivity contribution >= 4 is 23.3 Å². The van der Waals surface area contributed by atoms with E-state index in [1.165, 1.54) is 0 Å². The summed E-state index contributed by atoms with van der Waals surface area (Å²) in [6.07, 6.45) is 1.95. The first-order valence-electron chi connectivity index (χ1n) is 5.78. The van der Waals surface area contributed by atoms with Gasteiger partial charge >= 0.3 is 6.03 Å². The van der Waals surface area contributed by atoms with Crippen molar-refractivity contribution in [2.45, 2.75) is 18.9 Å². The normalized spacial score (nSPS) is 16.5. The van der Waals surface area contributed by atoms with Gasteiger partial charge in [0.25, 0.3) is 0 Å². The molecule has 1 fully saturated rings. The molecule has 0 aromatic heterocycles. The number of rotatable bonds is 2. The molecule has 1 aromatic rings. The van der Waals surface area contributed by atoms with Crippen LogP contribution in [0.15, 0.2) is 24.3 Å². The average molecular weight is 254 g/mol. The van der Waals surface area contributed by atoms with Gasteiger partial charge in [0.15, 0.2) is 0 Å². The number of hydrogen-bond acceptors (Lipinski definition) is 2. The van der Waals surface area contributed by atoms with Crippen molar-refractivity contribution in [3.63, 3.8) is 0 Å². The highest BCUT2D eigenvalue weighted by Gasteiger charge is 2.15. The fraction of sp³-hybridized carbons (Fsp3) is 0.417. The molecule has 2 amide bonds. The molecule has 3 N–H and O–H groups in total. The Labute approximate surface area is 106 Å². The summed E-state index contributed by atoms with van der Waals surface area (Å²) in [5.74, 6) is 0. The van der Waals surface area contributed by atoms with Crippen molar-refractivity contribution in [3.05, 3.63) is 29.3 Å². The zero-order valence-electron chi connectivity index (χ0n) is 9.50. The van der Waals surface area contributed by atoms with Crippen molar-refractivity contribution < 1.29 is 4.79 Å². The summed E-state index contributed by atoms with van der Waals surface area (Å²) in [4.78, 5) is 11.7. The minimum Gasteiger partial charge on any atom is -0.335 e. The third kappa shape index (κ3) is 3.91. The molecule has 1 heterocycles. The maximum absolute atomic E-state index is 11.7. The molecule has 0 saturated carbocycles. The van der Waals surface area contributed by atoms with Gasteiger partial charge in [0, 0.05) is 16.8 Å². The van der Waals surface area contributed by atoms with E-state index in [0.29, 0.717) is 10.7 Å². The van der Waals surface area contributed by atoms with Gasteiger partial charge < -0.3 is 16.0 Å². The lowest BCUT2D eigenvalue weighted by atomic mass is 10.1. The molecule has 1 saturated heterocycles. The van der Waals surface area contributed by atoms with Crippen LogP contribution in [0.3, 0.4) is 0 Å². The largest absolute Gasteiger partial charge is 0.335 e. The molecule has 0 aliphatic carbocycles. The highest BCUT2D eigenvalue weighted by molar-refractivity contribution is 6.30. The third-order valence-electron chi connectivity index (χ3n) is 2.76. The summed E-state index contributed by atoms with van der Waals surface area (Å²) < 4.78 is 0. The molecule has 17 heavy (non-hydrogen) atoms. The number of piperidine rings is 1. The second-order valence-electron chi connectivity index (χ2n) is 4.13. The molecular formula is C12H16ClN3O. The Morgan fingerprint density at radius 1 is 1.35 bits per heavy atom. The van der Waals surface area contributed by atoms with Crippen LogP contribution >= 0.6 is 11.6 Å². The SMILES string of the molecule is O=C(Nc1cccc(Cl)c1)NC1CCNCC1. The number of anilines is 1. The first-order valence-corrected chi connectivity index (χ1v) is 6.15.